The number of rotatable bonds is 14. The van der Waals surface area contributed by atoms with Gasteiger partial charge in [-0.1, -0.05) is 25.1 Å². The fourth-order valence-corrected chi connectivity index (χ4v) is 4.70. The first-order valence-electron chi connectivity index (χ1n) is 12.5. The molecule has 2 atom stereocenters. The van der Waals surface area contributed by atoms with Gasteiger partial charge in [0.2, 0.25) is 21.8 Å². The SMILES string of the molecule is CCOc1ccc(N(CCCC(=O)N(Cc2ccccc2F)[C@@H](C)C(=O)N[C@@H](C)CC)S(C)(=O)=O)cc1. The van der Waals surface area contributed by atoms with Crippen molar-refractivity contribution in [1.82, 2.24) is 10.2 Å². The number of hydrogen-bond donors (Lipinski definition) is 1. The van der Waals surface area contributed by atoms with Crippen LogP contribution in [0.3, 0.4) is 0 Å². The Labute approximate surface area is 219 Å². The zero-order chi connectivity index (χ0) is 27.6. The van der Waals surface area contributed by atoms with Gasteiger partial charge in [0, 0.05) is 31.1 Å². The van der Waals surface area contributed by atoms with Gasteiger partial charge >= 0.3 is 0 Å². The highest BCUT2D eigenvalue weighted by molar-refractivity contribution is 7.92. The zero-order valence-corrected chi connectivity index (χ0v) is 23.1. The third kappa shape index (κ3) is 9.03. The second kappa shape index (κ2) is 14.0. The Bertz CT molecular complexity index is 1140. The fourth-order valence-electron chi connectivity index (χ4n) is 3.74. The van der Waals surface area contributed by atoms with Gasteiger partial charge in [-0.3, -0.25) is 13.9 Å². The topological polar surface area (TPSA) is 96.0 Å². The van der Waals surface area contributed by atoms with Gasteiger partial charge in [-0.2, -0.15) is 0 Å². The van der Waals surface area contributed by atoms with Crippen molar-refractivity contribution < 1.29 is 27.1 Å². The van der Waals surface area contributed by atoms with Gasteiger partial charge in [0.05, 0.1) is 18.6 Å². The lowest BCUT2D eigenvalue weighted by Gasteiger charge is -2.30. The van der Waals surface area contributed by atoms with Crippen molar-refractivity contribution in [3.63, 3.8) is 0 Å². The van der Waals surface area contributed by atoms with Crippen LogP contribution in [-0.4, -0.2) is 56.6 Å². The van der Waals surface area contributed by atoms with Crippen LogP contribution in [0.25, 0.3) is 0 Å². The molecule has 0 bridgehead atoms. The number of sulfonamides is 1. The first kappa shape index (κ1) is 30.1. The number of hydrogen-bond acceptors (Lipinski definition) is 5. The molecule has 2 amide bonds. The maximum Gasteiger partial charge on any atom is 0.242 e. The van der Waals surface area contributed by atoms with E-state index in [1.807, 2.05) is 20.8 Å². The first-order chi connectivity index (χ1) is 17.5. The summed E-state index contributed by atoms with van der Waals surface area (Å²) in [5.41, 5.74) is 0.758. The van der Waals surface area contributed by atoms with Crippen molar-refractivity contribution in [2.45, 2.75) is 65.6 Å². The molecule has 10 heteroatoms. The molecule has 0 saturated heterocycles. The Morgan fingerprint density at radius 2 is 1.70 bits per heavy atom. The van der Waals surface area contributed by atoms with Gasteiger partial charge in [-0.05, 0) is 63.9 Å². The molecule has 2 aromatic carbocycles. The second-order valence-corrected chi connectivity index (χ2v) is 10.9. The van der Waals surface area contributed by atoms with Crippen LogP contribution in [0.1, 0.15) is 52.5 Å². The number of nitrogens with zero attached hydrogens (tertiary/aromatic N) is 2. The molecule has 0 saturated carbocycles. The first-order valence-corrected chi connectivity index (χ1v) is 14.4. The zero-order valence-electron chi connectivity index (χ0n) is 22.2. The van der Waals surface area contributed by atoms with Crippen LogP contribution in [0.4, 0.5) is 10.1 Å². The Morgan fingerprint density at radius 3 is 2.27 bits per heavy atom. The van der Waals surface area contributed by atoms with Gasteiger partial charge in [0.15, 0.2) is 0 Å². The summed E-state index contributed by atoms with van der Waals surface area (Å²) in [7, 11) is -3.61. The minimum atomic E-state index is -3.61. The van der Waals surface area contributed by atoms with Crippen molar-refractivity contribution in [3.8, 4) is 5.75 Å². The van der Waals surface area contributed by atoms with E-state index >= 15 is 0 Å². The van der Waals surface area contributed by atoms with E-state index in [4.69, 9.17) is 4.74 Å². The molecule has 8 nitrogen and oxygen atoms in total. The Balaban J connectivity index is 2.17. The fraction of sp³-hybridized carbons (Fsp3) is 0.481. The Hall–Kier alpha value is -3.14. The average Bonchev–Trinajstić information content (AvgIpc) is 2.85. The quantitative estimate of drug-likeness (QED) is 0.393. The molecule has 0 aliphatic heterocycles. The maximum absolute atomic E-state index is 14.4. The van der Waals surface area contributed by atoms with Gasteiger partial charge in [0.25, 0.3) is 0 Å². The van der Waals surface area contributed by atoms with Crippen LogP contribution in [0.2, 0.25) is 0 Å². The summed E-state index contributed by atoms with van der Waals surface area (Å²) in [5.74, 6) is -0.529. The number of halogens is 1. The van der Waals surface area contributed by atoms with Crippen LogP contribution in [0.5, 0.6) is 5.75 Å². The summed E-state index contributed by atoms with van der Waals surface area (Å²) in [6.07, 6.45) is 2.04. The highest BCUT2D eigenvalue weighted by Crippen LogP contribution is 2.23. The van der Waals surface area contributed by atoms with E-state index in [1.54, 1.807) is 49.4 Å². The summed E-state index contributed by atoms with van der Waals surface area (Å²) in [4.78, 5) is 27.4. The normalized spacial score (nSPS) is 12.9. The number of ether oxygens (including phenoxy) is 1. The van der Waals surface area contributed by atoms with Gasteiger partial charge in [0.1, 0.15) is 17.6 Å². The monoisotopic (exact) mass is 535 g/mol. The summed E-state index contributed by atoms with van der Waals surface area (Å²) in [6, 6.07) is 11.9. The molecule has 0 aliphatic carbocycles. The molecule has 1 N–H and O–H groups in total. The van der Waals surface area contributed by atoms with E-state index in [2.05, 4.69) is 5.32 Å². The van der Waals surface area contributed by atoms with Crippen molar-refractivity contribution in [2.24, 2.45) is 0 Å². The number of carbonyl (C=O) groups is 2. The minimum absolute atomic E-state index is 0.0154. The Morgan fingerprint density at radius 1 is 1.05 bits per heavy atom. The van der Waals surface area contributed by atoms with E-state index in [0.29, 0.717) is 23.6 Å². The van der Waals surface area contributed by atoms with Gasteiger partial charge in [-0.15, -0.1) is 0 Å². The number of anilines is 1. The largest absolute Gasteiger partial charge is 0.494 e. The van der Waals surface area contributed by atoms with Crippen molar-refractivity contribution in [1.29, 1.82) is 0 Å². The smallest absolute Gasteiger partial charge is 0.242 e. The van der Waals surface area contributed by atoms with Crippen LogP contribution < -0.4 is 14.4 Å². The predicted molar refractivity (Wildman–Crippen MR) is 143 cm³/mol. The third-order valence-corrected chi connectivity index (χ3v) is 7.25. The molecule has 204 valence electrons. The number of nitrogens with one attached hydrogen (secondary N) is 1. The third-order valence-electron chi connectivity index (χ3n) is 6.05. The molecule has 0 unspecified atom stereocenters. The predicted octanol–water partition coefficient (Wildman–Crippen LogP) is 4.10. The van der Waals surface area contributed by atoms with E-state index in [-0.39, 0.29) is 43.8 Å². The van der Waals surface area contributed by atoms with E-state index < -0.39 is 21.9 Å². The van der Waals surface area contributed by atoms with E-state index in [9.17, 15) is 22.4 Å². The molecular formula is C27H38FN3O5S. The molecule has 0 spiro atoms. The summed E-state index contributed by atoms with van der Waals surface area (Å²) in [6.45, 7) is 7.77. The lowest BCUT2D eigenvalue weighted by atomic mass is 10.1. The van der Waals surface area contributed by atoms with Crippen LogP contribution in [-0.2, 0) is 26.2 Å². The van der Waals surface area contributed by atoms with Crippen molar-refractivity contribution in [2.75, 3.05) is 23.7 Å². The van der Waals surface area contributed by atoms with E-state index in [1.165, 1.54) is 15.3 Å². The van der Waals surface area contributed by atoms with E-state index in [0.717, 1.165) is 12.7 Å². The molecular weight excluding hydrogens is 497 g/mol. The van der Waals surface area contributed by atoms with Gasteiger partial charge < -0.3 is 15.0 Å². The highest BCUT2D eigenvalue weighted by atomic mass is 32.2. The van der Waals surface area contributed by atoms with Crippen molar-refractivity contribution in [3.05, 3.63) is 59.9 Å². The lowest BCUT2D eigenvalue weighted by molar-refractivity contribution is -0.141. The average molecular weight is 536 g/mol. The molecule has 2 aromatic rings. The minimum Gasteiger partial charge on any atom is -0.494 e. The standard InChI is InChI=1S/C27H38FN3O5S/c1-6-20(3)29-27(33)21(4)30(19-22-11-8-9-12-25(22)28)26(32)13-10-18-31(37(5,34)35)23-14-16-24(17-15-23)36-7-2/h8-9,11-12,14-17,20-21H,6-7,10,13,18-19H2,1-5H3,(H,29,33)/t20-,21-/m0/s1. The molecule has 0 heterocycles. The molecule has 2 rings (SSSR count). The number of carbonyl (C=O) groups excluding carboxylic acids is 2. The highest BCUT2D eigenvalue weighted by Gasteiger charge is 2.28. The molecule has 0 radical (unpaired) electrons. The summed E-state index contributed by atoms with van der Waals surface area (Å²) >= 11 is 0. The molecule has 0 fully saturated rings. The van der Waals surface area contributed by atoms with Crippen LogP contribution >= 0.6 is 0 Å². The second-order valence-electron chi connectivity index (χ2n) is 8.97. The van der Waals surface area contributed by atoms with Crippen molar-refractivity contribution >= 4 is 27.5 Å². The molecule has 0 aromatic heterocycles. The van der Waals surface area contributed by atoms with Gasteiger partial charge in [-0.25, -0.2) is 12.8 Å². The van der Waals surface area contributed by atoms with Crippen LogP contribution in [0, 0.1) is 5.82 Å². The Kier molecular flexibility index (Phi) is 11.4. The molecule has 0 aliphatic rings. The number of amides is 2. The maximum atomic E-state index is 14.4. The summed E-state index contributed by atoms with van der Waals surface area (Å²) in [5, 5.41) is 2.87. The summed E-state index contributed by atoms with van der Waals surface area (Å²) < 4.78 is 46.0. The molecule has 37 heavy (non-hydrogen) atoms. The number of benzene rings is 2. The van der Waals surface area contributed by atoms with Crippen LogP contribution in [0.15, 0.2) is 48.5 Å². The lowest BCUT2D eigenvalue weighted by Crippen LogP contribution is -2.49.